The second-order valence-electron chi connectivity index (χ2n) is 9.90. The molecule has 0 amide bonds. The molecule has 1 aromatic carbocycles. The van der Waals surface area contributed by atoms with Gasteiger partial charge in [-0.2, -0.15) is 10.1 Å². The minimum atomic E-state index is -0.294. The lowest BCUT2D eigenvalue weighted by atomic mass is 9.92. The molecule has 0 unspecified atom stereocenters. The van der Waals surface area contributed by atoms with Gasteiger partial charge in [0.25, 0.3) is 5.56 Å². The van der Waals surface area contributed by atoms with Gasteiger partial charge < -0.3 is 15.3 Å². The summed E-state index contributed by atoms with van der Waals surface area (Å²) in [6.07, 6.45) is 8.15. The van der Waals surface area contributed by atoms with Gasteiger partial charge >= 0.3 is 0 Å². The lowest BCUT2D eigenvalue weighted by Crippen LogP contribution is -2.34. The van der Waals surface area contributed by atoms with E-state index in [0.717, 1.165) is 67.6 Å². The average molecular weight is 489 g/mol. The molecule has 1 saturated carbocycles. The first-order chi connectivity index (χ1) is 17.6. The molecular weight excluding hydrogens is 456 g/mol. The number of unbranched alkanes of at least 4 members (excludes halogenated alkanes) is 1. The van der Waals surface area contributed by atoms with E-state index in [0.29, 0.717) is 36.4 Å². The SMILES string of the molecule is CCCCNc1ncc2c3ccc(N4CCn5ncnc5C4)cc3c(=O)n(C3CCC(O)CC3)c2n1. The molecule has 4 heterocycles. The number of aliphatic hydroxyl groups is 1. The highest BCUT2D eigenvalue weighted by Gasteiger charge is 2.26. The van der Waals surface area contributed by atoms with Crippen LogP contribution in [-0.4, -0.2) is 53.6 Å². The molecule has 2 N–H and O–H groups in total. The van der Waals surface area contributed by atoms with Gasteiger partial charge in [0, 0.05) is 36.4 Å². The summed E-state index contributed by atoms with van der Waals surface area (Å²) in [7, 11) is 0. The van der Waals surface area contributed by atoms with E-state index in [4.69, 9.17) is 4.98 Å². The number of nitrogens with zero attached hydrogens (tertiary/aromatic N) is 7. The van der Waals surface area contributed by atoms with Crippen LogP contribution < -0.4 is 15.8 Å². The molecule has 0 saturated heterocycles. The molecule has 1 aliphatic heterocycles. The number of hydrogen-bond acceptors (Lipinski definition) is 8. The van der Waals surface area contributed by atoms with Crippen molar-refractivity contribution in [2.75, 3.05) is 23.3 Å². The minimum Gasteiger partial charge on any atom is -0.393 e. The summed E-state index contributed by atoms with van der Waals surface area (Å²) in [6, 6.07) is 6.10. The Morgan fingerprint density at radius 2 is 1.94 bits per heavy atom. The predicted octanol–water partition coefficient (Wildman–Crippen LogP) is 3.24. The summed E-state index contributed by atoms with van der Waals surface area (Å²) in [4.78, 5) is 30.1. The van der Waals surface area contributed by atoms with Crippen LogP contribution in [0.3, 0.4) is 0 Å². The minimum absolute atomic E-state index is 0.00314. The molecule has 4 aromatic rings. The second kappa shape index (κ2) is 9.50. The van der Waals surface area contributed by atoms with Crippen molar-refractivity contribution < 1.29 is 5.11 Å². The Kier molecular flexibility index (Phi) is 6.04. The molecule has 2 aliphatic rings. The van der Waals surface area contributed by atoms with E-state index in [-0.39, 0.29) is 17.7 Å². The van der Waals surface area contributed by atoms with Crippen LogP contribution in [0.4, 0.5) is 11.6 Å². The van der Waals surface area contributed by atoms with Crippen LogP contribution in [0.1, 0.15) is 57.3 Å². The van der Waals surface area contributed by atoms with Gasteiger partial charge in [0.05, 0.1) is 24.6 Å². The van der Waals surface area contributed by atoms with E-state index >= 15 is 0 Å². The third-order valence-electron chi connectivity index (χ3n) is 7.56. The third-order valence-corrected chi connectivity index (χ3v) is 7.56. The number of nitrogens with one attached hydrogen (secondary N) is 1. The van der Waals surface area contributed by atoms with E-state index in [1.807, 2.05) is 27.6 Å². The summed E-state index contributed by atoms with van der Waals surface area (Å²) >= 11 is 0. The lowest BCUT2D eigenvalue weighted by Gasteiger charge is -2.30. The highest BCUT2D eigenvalue weighted by molar-refractivity contribution is 6.05. The fraction of sp³-hybridized carbons (Fsp3) is 0.500. The van der Waals surface area contributed by atoms with Gasteiger partial charge in [0.1, 0.15) is 17.8 Å². The first-order valence-corrected chi connectivity index (χ1v) is 13.0. The molecule has 1 aliphatic carbocycles. The van der Waals surface area contributed by atoms with E-state index in [9.17, 15) is 9.90 Å². The Morgan fingerprint density at radius 3 is 2.78 bits per heavy atom. The normalized spacial score (nSPS) is 20.1. The summed E-state index contributed by atoms with van der Waals surface area (Å²) < 4.78 is 3.80. The Morgan fingerprint density at radius 1 is 1.08 bits per heavy atom. The number of benzene rings is 1. The number of fused-ring (bicyclic) bond motifs is 4. The van der Waals surface area contributed by atoms with Crippen molar-refractivity contribution >= 4 is 33.4 Å². The fourth-order valence-electron chi connectivity index (χ4n) is 5.51. The number of pyridine rings is 1. The summed E-state index contributed by atoms with van der Waals surface area (Å²) in [5.74, 6) is 1.47. The number of aliphatic hydroxyl groups excluding tert-OH is 1. The van der Waals surface area contributed by atoms with Gasteiger partial charge in [-0.1, -0.05) is 19.4 Å². The molecule has 10 nitrogen and oxygen atoms in total. The van der Waals surface area contributed by atoms with Crippen molar-refractivity contribution in [3.05, 3.63) is 46.9 Å². The first-order valence-electron chi connectivity index (χ1n) is 13.0. The molecule has 188 valence electrons. The predicted molar refractivity (Wildman–Crippen MR) is 139 cm³/mol. The molecule has 36 heavy (non-hydrogen) atoms. The number of aromatic nitrogens is 6. The molecule has 3 aromatic heterocycles. The summed E-state index contributed by atoms with van der Waals surface area (Å²) in [5, 5.41) is 20.1. The van der Waals surface area contributed by atoms with Crippen LogP contribution in [0.15, 0.2) is 35.5 Å². The van der Waals surface area contributed by atoms with Gasteiger partial charge in [-0.05, 0) is 49.6 Å². The largest absolute Gasteiger partial charge is 0.393 e. The molecule has 0 spiro atoms. The lowest BCUT2D eigenvalue weighted by molar-refractivity contribution is 0.111. The molecule has 10 heteroatoms. The zero-order valence-electron chi connectivity index (χ0n) is 20.6. The van der Waals surface area contributed by atoms with Gasteiger partial charge in [-0.25, -0.2) is 14.6 Å². The number of rotatable bonds is 6. The average Bonchev–Trinajstić information content (AvgIpc) is 3.38. The molecule has 1 fully saturated rings. The Labute approximate surface area is 209 Å². The monoisotopic (exact) mass is 488 g/mol. The van der Waals surface area contributed by atoms with Crippen LogP contribution >= 0.6 is 0 Å². The Balaban J connectivity index is 1.47. The van der Waals surface area contributed by atoms with Crippen molar-refractivity contribution in [2.24, 2.45) is 0 Å². The van der Waals surface area contributed by atoms with Gasteiger partial charge in [0.15, 0.2) is 0 Å². The van der Waals surface area contributed by atoms with Crippen molar-refractivity contribution in [3.63, 3.8) is 0 Å². The maximum absolute atomic E-state index is 14.1. The van der Waals surface area contributed by atoms with Crippen molar-refractivity contribution in [1.82, 2.24) is 29.3 Å². The van der Waals surface area contributed by atoms with Gasteiger partial charge in [0.2, 0.25) is 5.95 Å². The Bertz CT molecular complexity index is 1450. The van der Waals surface area contributed by atoms with E-state index in [1.54, 1.807) is 6.33 Å². The molecule has 0 bridgehead atoms. The second-order valence-corrected chi connectivity index (χ2v) is 9.90. The molecular formula is C26H32N8O2. The maximum Gasteiger partial charge on any atom is 0.260 e. The highest BCUT2D eigenvalue weighted by atomic mass is 16.3. The maximum atomic E-state index is 14.1. The molecule has 0 atom stereocenters. The zero-order valence-corrected chi connectivity index (χ0v) is 20.6. The van der Waals surface area contributed by atoms with Crippen molar-refractivity contribution in [2.45, 2.75) is 70.7 Å². The van der Waals surface area contributed by atoms with Crippen LogP contribution in [0, 0.1) is 0 Å². The van der Waals surface area contributed by atoms with Crippen molar-refractivity contribution in [1.29, 1.82) is 0 Å². The topological polar surface area (TPSA) is 114 Å². The van der Waals surface area contributed by atoms with Gasteiger partial charge in [-0.15, -0.1) is 0 Å². The zero-order chi connectivity index (χ0) is 24.6. The first kappa shape index (κ1) is 22.9. The van der Waals surface area contributed by atoms with Crippen molar-refractivity contribution in [3.8, 4) is 0 Å². The van der Waals surface area contributed by atoms with E-state index in [2.05, 4.69) is 38.3 Å². The van der Waals surface area contributed by atoms with E-state index in [1.165, 1.54) is 0 Å². The highest BCUT2D eigenvalue weighted by Crippen LogP contribution is 2.33. The molecule has 6 rings (SSSR count). The van der Waals surface area contributed by atoms with Gasteiger partial charge in [-0.3, -0.25) is 9.36 Å². The fourth-order valence-corrected chi connectivity index (χ4v) is 5.51. The molecule has 0 radical (unpaired) electrons. The smallest absolute Gasteiger partial charge is 0.260 e. The third kappa shape index (κ3) is 4.09. The standard InChI is InChI=1S/C26H32N8O2/c1-2-3-10-27-26-28-14-22-20-9-6-18(32-11-12-33-23(15-32)29-16-30-33)13-21(20)25(36)34(24(22)31-26)17-4-7-19(35)8-5-17/h6,9,13-14,16-17,19,35H,2-5,7-8,10-12,15H2,1H3,(H,27,28,31). The summed E-state index contributed by atoms with van der Waals surface area (Å²) in [5.41, 5.74) is 1.64. The number of hydrogen-bond donors (Lipinski definition) is 2. The summed E-state index contributed by atoms with van der Waals surface area (Å²) in [6.45, 7) is 5.17. The van der Waals surface area contributed by atoms with Crippen LogP contribution in [-0.2, 0) is 13.1 Å². The number of anilines is 2. The quantitative estimate of drug-likeness (QED) is 0.314. The van der Waals surface area contributed by atoms with E-state index < -0.39 is 0 Å². The van der Waals surface area contributed by atoms with Crippen LogP contribution in [0.2, 0.25) is 0 Å². The van der Waals surface area contributed by atoms with Crippen LogP contribution in [0.5, 0.6) is 0 Å². The van der Waals surface area contributed by atoms with Crippen LogP contribution in [0.25, 0.3) is 21.8 Å². The Hall–Kier alpha value is -3.53.